The van der Waals surface area contributed by atoms with Gasteiger partial charge in [0.25, 0.3) is 0 Å². The van der Waals surface area contributed by atoms with Crippen LogP contribution in [0.15, 0.2) is 66.7 Å². The molecule has 0 amide bonds. The van der Waals surface area contributed by atoms with Crippen LogP contribution >= 0.6 is 11.6 Å². The van der Waals surface area contributed by atoms with E-state index in [2.05, 4.69) is 73.0 Å². The van der Waals surface area contributed by atoms with Crippen LogP contribution in [0.2, 0.25) is 5.02 Å². The molecule has 3 aromatic carbocycles. The summed E-state index contributed by atoms with van der Waals surface area (Å²) in [6, 6.07) is 21.7. The van der Waals surface area contributed by atoms with Crippen LogP contribution in [0.1, 0.15) is 46.1 Å². The van der Waals surface area contributed by atoms with Gasteiger partial charge in [-0.15, -0.1) is 0 Å². The molecular weight excluding hydrogens is 359 g/mol. The number of hydrogen-bond donors (Lipinski definition) is 2. The molecule has 3 atom stereocenters. The van der Waals surface area contributed by atoms with E-state index in [9.17, 15) is 4.39 Å². The Bertz CT molecular complexity index is 864. The molecule has 1 unspecified atom stereocenters. The summed E-state index contributed by atoms with van der Waals surface area (Å²) in [5.74, 6) is -0.306. The summed E-state index contributed by atoms with van der Waals surface area (Å²) < 4.78 is 14.5. The van der Waals surface area contributed by atoms with Crippen molar-refractivity contribution >= 4 is 11.6 Å². The minimum atomic E-state index is -0.365. The van der Waals surface area contributed by atoms with Crippen LogP contribution in [-0.4, -0.2) is 0 Å². The minimum absolute atomic E-state index is 0.00831. The van der Waals surface area contributed by atoms with Gasteiger partial charge in [0.2, 0.25) is 0 Å². The largest absolute Gasteiger partial charge is 0.289 e. The lowest BCUT2D eigenvalue weighted by molar-refractivity contribution is 0.510. The molecule has 1 saturated heterocycles. The van der Waals surface area contributed by atoms with Gasteiger partial charge in [-0.25, -0.2) is 4.39 Å². The Labute approximate surface area is 164 Å². The van der Waals surface area contributed by atoms with Gasteiger partial charge in [0.1, 0.15) is 5.82 Å². The molecule has 1 heterocycles. The van der Waals surface area contributed by atoms with Gasteiger partial charge in [-0.2, -0.15) is 0 Å². The van der Waals surface area contributed by atoms with Gasteiger partial charge in [0, 0.05) is 10.6 Å². The Morgan fingerprint density at radius 1 is 0.741 bits per heavy atom. The van der Waals surface area contributed by atoms with Gasteiger partial charge in [0.05, 0.1) is 18.2 Å². The normalized spacial score (nSPS) is 22.1. The summed E-state index contributed by atoms with van der Waals surface area (Å²) in [6.07, 6.45) is -0.365. The van der Waals surface area contributed by atoms with Crippen molar-refractivity contribution in [1.29, 1.82) is 0 Å². The van der Waals surface area contributed by atoms with Crippen molar-refractivity contribution in [3.63, 3.8) is 0 Å². The highest BCUT2D eigenvalue weighted by Gasteiger charge is 2.37. The van der Waals surface area contributed by atoms with Gasteiger partial charge in [-0.1, -0.05) is 77.3 Å². The van der Waals surface area contributed by atoms with Crippen LogP contribution in [0, 0.1) is 19.7 Å². The first-order valence-electron chi connectivity index (χ1n) is 9.12. The number of aryl methyl sites for hydroxylation is 2. The van der Waals surface area contributed by atoms with E-state index in [4.69, 9.17) is 11.6 Å². The average molecular weight is 381 g/mol. The molecule has 0 bridgehead atoms. The maximum atomic E-state index is 14.5. The fourth-order valence-corrected chi connectivity index (χ4v) is 3.95. The fourth-order valence-electron chi connectivity index (χ4n) is 3.68. The summed E-state index contributed by atoms with van der Waals surface area (Å²) in [7, 11) is 0. The second-order valence-corrected chi connectivity index (χ2v) is 7.59. The number of hydrogen-bond acceptors (Lipinski definition) is 2. The fraction of sp³-hybridized carbons (Fsp3) is 0.217. The van der Waals surface area contributed by atoms with Crippen molar-refractivity contribution in [2.45, 2.75) is 32.1 Å². The maximum absolute atomic E-state index is 14.5. The Kier molecular flexibility index (Phi) is 5.00. The van der Waals surface area contributed by atoms with E-state index in [1.54, 1.807) is 12.1 Å². The standard InChI is InChI=1S/C23H22ClFN2/c1-14-6-10-16(11-7-14)21-22(17-12-8-15(2)9-13-17)27-23(26-21)20-18(24)4-3-5-19(20)25/h3-13,21-23,26-27H,1-2H3/t21-,22+,23?. The second-order valence-electron chi connectivity index (χ2n) is 7.18. The number of rotatable bonds is 3. The molecule has 1 aliphatic heterocycles. The first-order chi connectivity index (χ1) is 13.0. The smallest absolute Gasteiger partial charge is 0.130 e. The van der Waals surface area contributed by atoms with Crippen molar-refractivity contribution in [2.75, 3.05) is 0 Å². The zero-order valence-corrected chi connectivity index (χ0v) is 16.1. The molecule has 0 spiro atoms. The van der Waals surface area contributed by atoms with Crippen LogP contribution in [-0.2, 0) is 0 Å². The molecule has 4 heteroatoms. The van der Waals surface area contributed by atoms with Gasteiger partial charge in [-0.3, -0.25) is 10.6 Å². The van der Waals surface area contributed by atoms with Crippen LogP contribution in [0.3, 0.4) is 0 Å². The predicted octanol–water partition coefficient (Wildman–Crippen LogP) is 5.77. The lowest BCUT2D eigenvalue weighted by atomic mass is 9.94. The van der Waals surface area contributed by atoms with E-state index in [0.29, 0.717) is 10.6 Å². The van der Waals surface area contributed by atoms with E-state index in [-0.39, 0.29) is 24.1 Å². The number of benzene rings is 3. The molecule has 0 aromatic heterocycles. The Hall–Kier alpha value is -2.20. The highest BCUT2D eigenvalue weighted by atomic mass is 35.5. The average Bonchev–Trinajstić information content (AvgIpc) is 3.08. The SMILES string of the molecule is Cc1ccc([C@H]2NC(c3c(F)cccc3Cl)N[C@H]2c2ccc(C)cc2)cc1. The molecule has 1 aliphatic rings. The molecule has 2 nitrogen and oxygen atoms in total. The molecule has 2 N–H and O–H groups in total. The lowest BCUT2D eigenvalue weighted by Crippen LogP contribution is -2.24. The van der Waals surface area contributed by atoms with Crippen LogP contribution in [0.5, 0.6) is 0 Å². The molecule has 1 fully saturated rings. The summed E-state index contributed by atoms with van der Waals surface area (Å²) in [4.78, 5) is 0. The van der Waals surface area contributed by atoms with Gasteiger partial charge >= 0.3 is 0 Å². The van der Waals surface area contributed by atoms with Crippen LogP contribution in [0.25, 0.3) is 0 Å². The molecule has 4 rings (SSSR count). The monoisotopic (exact) mass is 380 g/mol. The third-order valence-electron chi connectivity index (χ3n) is 5.19. The first kappa shape index (κ1) is 18.2. The highest BCUT2D eigenvalue weighted by molar-refractivity contribution is 6.31. The second kappa shape index (κ2) is 7.43. The predicted molar refractivity (Wildman–Crippen MR) is 108 cm³/mol. The van der Waals surface area contributed by atoms with E-state index >= 15 is 0 Å². The quantitative estimate of drug-likeness (QED) is 0.602. The first-order valence-corrected chi connectivity index (χ1v) is 9.50. The third-order valence-corrected chi connectivity index (χ3v) is 5.52. The summed E-state index contributed by atoms with van der Waals surface area (Å²) in [6.45, 7) is 4.15. The van der Waals surface area contributed by atoms with E-state index in [1.807, 2.05) is 0 Å². The van der Waals surface area contributed by atoms with Crippen molar-refractivity contribution in [2.24, 2.45) is 0 Å². The van der Waals surface area contributed by atoms with Crippen molar-refractivity contribution in [1.82, 2.24) is 10.6 Å². The molecule has 27 heavy (non-hydrogen) atoms. The van der Waals surface area contributed by atoms with Crippen molar-refractivity contribution in [3.05, 3.63) is 105 Å². The molecule has 0 saturated carbocycles. The van der Waals surface area contributed by atoms with Crippen molar-refractivity contribution in [3.8, 4) is 0 Å². The third kappa shape index (κ3) is 3.63. The Morgan fingerprint density at radius 3 is 1.67 bits per heavy atom. The minimum Gasteiger partial charge on any atom is -0.289 e. The molecular formula is C23H22ClFN2. The Balaban J connectivity index is 1.74. The van der Waals surface area contributed by atoms with Gasteiger partial charge < -0.3 is 0 Å². The molecule has 3 aromatic rings. The summed E-state index contributed by atoms with van der Waals surface area (Å²) in [5, 5.41) is 7.53. The highest BCUT2D eigenvalue weighted by Crippen LogP contribution is 2.40. The maximum Gasteiger partial charge on any atom is 0.130 e. The summed E-state index contributed by atoms with van der Waals surface area (Å²) >= 11 is 6.32. The van der Waals surface area contributed by atoms with Crippen LogP contribution < -0.4 is 10.6 Å². The zero-order valence-electron chi connectivity index (χ0n) is 15.3. The zero-order chi connectivity index (χ0) is 19.0. The molecule has 138 valence electrons. The van der Waals surface area contributed by atoms with Crippen molar-refractivity contribution < 1.29 is 4.39 Å². The number of halogens is 2. The molecule has 0 radical (unpaired) electrons. The number of nitrogens with one attached hydrogen (secondary N) is 2. The Morgan fingerprint density at radius 2 is 1.22 bits per heavy atom. The van der Waals surface area contributed by atoms with Gasteiger partial charge in [0.15, 0.2) is 0 Å². The van der Waals surface area contributed by atoms with Crippen LogP contribution in [0.4, 0.5) is 4.39 Å². The lowest BCUT2D eigenvalue weighted by Gasteiger charge is -2.20. The van der Waals surface area contributed by atoms with E-state index in [1.165, 1.54) is 17.2 Å². The van der Waals surface area contributed by atoms with E-state index in [0.717, 1.165) is 11.1 Å². The van der Waals surface area contributed by atoms with E-state index < -0.39 is 0 Å². The summed E-state index contributed by atoms with van der Waals surface area (Å²) in [5.41, 5.74) is 5.21. The molecule has 0 aliphatic carbocycles. The topological polar surface area (TPSA) is 24.1 Å². The van der Waals surface area contributed by atoms with Gasteiger partial charge in [-0.05, 0) is 37.1 Å².